The van der Waals surface area contributed by atoms with Crippen LogP contribution in [0.3, 0.4) is 0 Å². The molecule has 1 saturated carbocycles. The minimum absolute atomic E-state index is 0.328. The third-order valence-corrected chi connectivity index (χ3v) is 7.67. The van der Waals surface area contributed by atoms with Crippen LogP contribution in [0.1, 0.15) is 79.1 Å². The highest BCUT2D eigenvalue weighted by Crippen LogP contribution is 2.35. The Bertz CT molecular complexity index is 443. The Morgan fingerprint density at radius 1 is 0.862 bits per heavy atom. The summed E-state index contributed by atoms with van der Waals surface area (Å²) in [7, 11) is 2.22. The van der Waals surface area contributed by atoms with Crippen molar-refractivity contribution in [2.45, 2.75) is 79.1 Å². The molecule has 0 unspecified atom stereocenters. The van der Waals surface area contributed by atoms with Crippen molar-refractivity contribution in [2.75, 3.05) is 52.9 Å². The van der Waals surface area contributed by atoms with E-state index in [4.69, 9.17) is 0 Å². The van der Waals surface area contributed by atoms with Crippen molar-refractivity contribution in [3.63, 3.8) is 0 Å². The minimum atomic E-state index is 0.328. The van der Waals surface area contributed by atoms with Crippen LogP contribution in [0.25, 0.3) is 0 Å². The summed E-state index contributed by atoms with van der Waals surface area (Å²) in [5.41, 5.74) is 0. The molecule has 0 aromatic heterocycles. The van der Waals surface area contributed by atoms with E-state index in [1.165, 1.54) is 71.2 Å². The van der Waals surface area contributed by atoms with Gasteiger partial charge in [0, 0.05) is 45.2 Å². The lowest BCUT2D eigenvalue weighted by Gasteiger charge is -2.37. The first-order valence-electron chi connectivity index (χ1n) is 12.7. The average Bonchev–Trinajstić information content (AvgIpc) is 2.76. The smallest absolute Gasteiger partial charge is 0.225 e. The largest absolute Gasteiger partial charge is 0.342 e. The fourth-order valence-corrected chi connectivity index (χ4v) is 5.41. The first kappa shape index (κ1) is 24.7. The summed E-state index contributed by atoms with van der Waals surface area (Å²) in [5, 5.41) is 0. The first-order valence-corrected chi connectivity index (χ1v) is 12.7. The molecule has 2 saturated heterocycles. The van der Waals surface area contributed by atoms with Gasteiger partial charge in [0.2, 0.25) is 5.91 Å². The summed E-state index contributed by atoms with van der Waals surface area (Å²) in [4.78, 5) is 20.2. The second-order valence-electron chi connectivity index (χ2n) is 9.91. The van der Waals surface area contributed by atoms with Crippen LogP contribution in [0.2, 0.25) is 0 Å². The lowest BCUT2D eigenvalue weighted by Crippen LogP contribution is -2.45. The van der Waals surface area contributed by atoms with Gasteiger partial charge in [-0.2, -0.15) is 0 Å². The maximum atomic E-state index is 12.9. The third kappa shape index (κ3) is 7.86. The Labute approximate surface area is 181 Å². The lowest BCUT2D eigenvalue weighted by atomic mass is 9.76. The van der Waals surface area contributed by atoms with Gasteiger partial charge >= 0.3 is 0 Å². The van der Waals surface area contributed by atoms with Gasteiger partial charge < -0.3 is 14.7 Å². The van der Waals surface area contributed by atoms with Crippen LogP contribution in [0.5, 0.6) is 0 Å². The quantitative estimate of drug-likeness (QED) is 0.636. The molecule has 29 heavy (non-hydrogen) atoms. The molecule has 1 aliphatic carbocycles. The van der Waals surface area contributed by atoms with E-state index in [9.17, 15) is 4.79 Å². The Balaban J connectivity index is 0.00000145. The molecule has 2 heterocycles. The zero-order chi connectivity index (χ0) is 21.2. The number of likely N-dealkylation sites (tertiary alicyclic amines) is 1. The highest BCUT2D eigenvalue weighted by molar-refractivity contribution is 5.79. The fourth-order valence-electron chi connectivity index (χ4n) is 5.41. The summed E-state index contributed by atoms with van der Waals surface area (Å²) in [6, 6.07) is 0. The average molecular weight is 408 g/mol. The number of hydrogen-bond acceptors (Lipinski definition) is 3. The summed E-state index contributed by atoms with van der Waals surface area (Å²) < 4.78 is 0. The van der Waals surface area contributed by atoms with E-state index in [2.05, 4.69) is 35.6 Å². The maximum Gasteiger partial charge on any atom is 0.225 e. The number of amides is 1. The molecule has 0 atom stereocenters. The molecule has 4 heteroatoms. The van der Waals surface area contributed by atoms with E-state index in [-0.39, 0.29) is 0 Å². The van der Waals surface area contributed by atoms with Crippen molar-refractivity contribution in [1.82, 2.24) is 14.7 Å². The van der Waals surface area contributed by atoms with Crippen molar-refractivity contribution in [3.05, 3.63) is 0 Å². The second kappa shape index (κ2) is 12.9. The predicted molar refractivity (Wildman–Crippen MR) is 124 cm³/mol. The van der Waals surface area contributed by atoms with Crippen LogP contribution < -0.4 is 0 Å². The Kier molecular flexibility index (Phi) is 11.0. The van der Waals surface area contributed by atoms with Crippen LogP contribution >= 0.6 is 0 Å². The standard InChI is InChI=1S/C23H43N3O.C2H6/c1-19(2)21-6-8-22(9-7-21)23(27)26-13-10-20(11-14-26)5-4-12-25-17-15-24(3)16-18-25;1-2/h19-22H,4-18H2,1-3H3;1-2H3. The number of carbonyl (C=O) groups is 1. The normalized spacial score (nSPS) is 27.6. The monoisotopic (exact) mass is 407 g/mol. The summed E-state index contributed by atoms with van der Waals surface area (Å²) in [5.74, 6) is 3.28. The van der Waals surface area contributed by atoms with Crippen molar-refractivity contribution >= 4 is 5.91 Å². The van der Waals surface area contributed by atoms with Crippen molar-refractivity contribution in [1.29, 1.82) is 0 Å². The van der Waals surface area contributed by atoms with Crippen molar-refractivity contribution in [3.8, 4) is 0 Å². The predicted octanol–water partition coefficient (Wildman–Crippen LogP) is 4.74. The van der Waals surface area contributed by atoms with Crippen LogP contribution in [0.4, 0.5) is 0 Å². The molecule has 0 N–H and O–H groups in total. The molecule has 0 radical (unpaired) electrons. The minimum Gasteiger partial charge on any atom is -0.342 e. The van der Waals surface area contributed by atoms with Gasteiger partial charge in [0.15, 0.2) is 0 Å². The molecule has 1 amide bonds. The second-order valence-corrected chi connectivity index (χ2v) is 9.91. The number of likely N-dealkylation sites (N-methyl/N-ethyl adjacent to an activating group) is 1. The van der Waals surface area contributed by atoms with Gasteiger partial charge in [0.05, 0.1) is 0 Å². The molecule has 0 bridgehead atoms. The molecule has 0 aromatic rings. The summed E-state index contributed by atoms with van der Waals surface area (Å²) in [6.07, 6.45) is 9.94. The maximum absolute atomic E-state index is 12.9. The molecule has 0 spiro atoms. The van der Waals surface area contributed by atoms with Gasteiger partial charge in [-0.25, -0.2) is 0 Å². The van der Waals surface area contributed by atoms with Gasteiger partial charge in [-0.05, 0) is 82.7 Å². The lowest BCUT2D eigenvalue weighted by molar-refractivity contribution is -0.138. The molecular formula is C25H49N3O. The SMILES string of the molecule is CC.CC(C)C1CCC(C(=O)N2CCC(CCCN3CCN(C)CC3)CC2)CC1. The molecule has 4 nitrogen and oxygen atoms in total. The van der Waals surface area contributed by atoms with Gasteiger partial charge in [-0.15, -0.1) is 0 Å². The topological polar surface area (TPSA) is 26.8 Å². The Morgan fingerprint density at radius 2 is 1.45 bits per heavy atom. The van der Waals surface area contributed by atoms with Gasteiger partial charge in [0.1, 0.15) is 0 Å². The van der Waals surface area contributed by atoms with E-state index in [0.29, 0.717) is 11.8 Å². The number of rotatable bonds is 6. The number of carbonyl (C=O) groups excluding carboxylic acids is 1. The number of piperidine rings is 1. The van der Waals surface area contributed by atoms with Crippen LogP contribution in [0, 0.1) is 23.7 Å². The molecule has 170 valence electrons. The summed E-state index contributed by atoms with van der Waals surface area (Å²) in [6.45, 7) is 16.9. The van der Waals surface area contributed by atoms with Crippen molar-refractivity contribution < 1.29 is 4.79 Å². The molecule has 3 rings (SSSR count). The molecule has 0 aromatic carbocycles. The van der Waals surface area contributed by atoms with E-state index in [0.717, 1.165) is 43.7 Å². The Morgan fingerprint density at radius 3 is 2.00 bits per heavy atom. The molecule has 3 fully saturated rings. The fraction of sp³-hybridized carbons (Fsp3) is 0.960. The van der Waals surface area contributed by atoms with Gasteiger partial charge in [0.25, 0.3) is 0 Å². The number of nitrogens with zero attached hydrogens (tertiary/aromatic N) is 3. The highest BCUT2D eigenvalue weighted by Gasteiger charge is 2.32. The van der Waals surface area contributed by atoms with E-state index >= 15 is 0 Å². The third-order valence-electron chi connectivity index (χ3n) is 7.67. The molecule has 2 aliphatic heterocycles. The van der Waals surface area contributed by atoms with Gasteiger partial charge in [-0.3, -0.25) is 4.79 Å². The van der Waals surface area contributed by atoms with Crippen LogP contribution in [-0.2, 0) is 4.79 Å². The van der Waals surface area contributed by atoms with Crippen molar-refractivity contribution in [2.24, 2.45) is 23.7 Å². The van der Waals surface area contributed by atoms with Crippen LogP contribution in [-0.4, -0.2) is 73.5 Å². The van der Waals surface area contributed by atoms with E-state index in [1.54, 1.807) is 0 Å². The highest BCUT2D eigenvalue weighted by atomic mass is 16.2. The Hall–Kier alpha value is -0.610. The van der Waals surface area contributed by atoms with Gasteiger partial charge in [-0.1, -0.05) is 27.7 Å². The molecular weight excluding hydrogens is 358 g/mol. The number of hydrogen-bond donors (Lipinski definition) is 0. The zero-order valence-corrected chi connectivity index (χ0v) is 20.2. The first-order chi connectivity index (χ1) is 14.0. The molecule has 3 aliphatic rings. The number of piperazine rings is 1. The zero-order valence-electron chi connectivity index (χ0n) is 20.2. The van der Waals surface area contributed by atoms with E-state index < -0.39 is 0 Å². The van der Waals surface area contributed by atoms with E-state index in [1.807, 2.05) is 13.8 Å². The van der Waals surface area contributed by atoms with Crippen LogP contribution in [0.15, 0.2) is 0 Å². The summed E-state index contributed by atoms with van der Waals surface area (Å²) >= 11 is 0.